The van der Waals surface area contributed by atoms with Crippen LogP contribution in [0.4, 0.5) is 0 Å². The van der Waals surface area contributed by atoms with Crippen LogP contribution < -0.4 is 0 Å². The minimum Gasteiger partial charge on any atom is -0.294 e. The lowest BCUT2D eigenvalue weighted by molar-refractivity contribution is -0.126. The first kappa shape index (κ1) is 18.1. The smallest absolute Gasteiger partial charge is 0.217 e. The van der Waals surface area contributed by atoms with E-state index >= 15 is 0 Å². The Bertz CT molecular complexity index is 244. The maximum absolute atomic E-state index is 11.0. The minimum absolute atomic E-state index is 0.391. The highest BCUT2D eigenvalue weighted by Crippen LogP contribution is 2.19. The van der Waals surface area contributed by atoms with Gasteiger partial charge in [-0.1, -0.05) is 71.3 Å². The first-order chi connectivity index (χ1) is 9.24. The van der Waals surface area contributed by atoms with Gasteiger partial charge in [0.1, 0.15) is 0 Å². The van der Waals surface area contributed by atoms with E-state index in [0.29, 0.717) is 12.2 Å². The summed E-state index contributed by atoms with van der Waals surface area (Å²) in [5.41, 5.74) is 0. The van der Waals surface area contributed by atoms with Crippen molar-refractivity contribution in [3.8, 4) is 0 Å². The molecule has 0 unspecified atom stereocenters. The van der Waals surface area contributed by atoms with Gasteiger partial charge in [-0.3, -0.25) is 9.59 Å². The zero-order valence-corrected chi connectivity index (χ0v) is 12.7. The second-order valence-electron chi connectivity index (χ2n) is 5.34. The molecule has 0 spiro atoms. The molecule has 0 atom stereocenters. The van der Waals surface area contributed by atoms with Crippen molar-refractivity contribution in [3.05, 3.63) is 12.2 Å². The predicted octanol–water partition coefficient (Wildman–Crippen LogP) is 4.87. The first-order valence-electron chi connectivity index (χ1n) is 7.91. The number of aldehydes is 1. The molecule has 0 aliphatic carbocycles. The fourth-order valence-corrected chi connectivity index (χ4v) is 2.27. The van der Waals surface area contributed by atoms with E-state index < -0.39 is 5.78 Å². The van der Waals surface area contributed by atoms with E-state index in [1.54, 1.807) is 0 Å². The van der Waals surface area contributed by atoms with E-state index in [1.807, 2.05) is 6.08 Å². The Kier molecular flexibility index (Phi) is 12.9. The highest BCUT2D eigenvalue weighted by Gasteiger charge is 2.05. The van der Waals surface area contributed by atoms with Crippen molar-refractivity contribution in [2.45, 2.75) is 78.1 Å². The summed E-state index contributed by atoms with van der Waals surface area (Å²) >= 11 is 0. The molecule has 0 bridgehead atoms. The highest BCUT2D eigenvalue weighted by molar-refractivity contribution is 6.30. The van der Waals surface area contributed by atoms with Gasteiger partial charge in [-0.15, -0.1) is 0 Å². The van der Waals surface area contributed by atoms with Gasteiger partial charge in [-0.2, -0.15) is 0 Å². The number of rotatable bonds is 13. The van der Waals surface area contributed by atoms with Crippen molar-refractivity contribution in [2.24, 2.45) is 5.92 Å². The van der Waals surface area contributed by atoms with E-state index in [1.165, 1.54) is 57.4 Å². The molecule has 0 amide bonds. The molecule has 0 heterocycles. The van der Waals surface area contributed by atoms with Crippen LogP contribution in [0.2, 0.25) is 0 Å². The Morgan fingerprint density at radius 3 is 1.84 bits per heavy atom. The average molecular weight is 266 g/mol. The van der Waals surface area contributed by atoms with Crippen LogP contribution in [-0.4, -0.2) is 12.1 Å². The van der Waals surface area contributed by atoms with Crippen molar-refractivity contribution in [1.29, 1.82) is 0 Å². The summed E-state index contributed by atoms with van der Waals surface area (Å²) in [5, 5.41) is 0. The van der Waals surface area contributed by atoms with Crippen molar-refractivity contribution in [2.75, 3.05) is 0 Å². The lowest BCUT2D eigenvalue weighted by Gasteiger charge is -2.12. The van der Waals surface area contributed by atoms with Crippen LogP contribution in [0.5, 0.6) is 0 Å². The molecule has 0 aliphatic heterocycles. The average Bonchev–Trinajstić information content (AvgIpc) is 2.44. The Labute approximate surface area is 118 Å². The molecular formula is C17H30O2. The molecule has 2 nitrogen and oxygen atoms in total. The number of unbranched alkanes of at least 4 members (excludes halogenated alkanes) is 6. The van der Waals surface area contributed by atoms with Crippen LogP contribution in [-0.2, 0) is 9.59 Å². The number of carbonyl (C=O) groups is 2. The van der Waals surface area contributed by atoms with Gasteiger partial charge in [0.15, 0.2) is 6.29 Å². The molecule has 0 N–H and O–H groups in total. The lowest BCUT2D eigenvalue weighted by Crippen LogP contribution is -2.00. The maximum atomic E-state index is 11.0. The molecule has 110 valence electrons. The van der Waals surface area contributed by atoms with E-state index in [-0.39, 0.29) is 0 Å². The monoisotopic (exact) mass is 266 g/mol. The molecule has 0 aromatic carbocycles. The van der Waals surface area contributed by atoms with Gasteiger partial charge in [0, 0.05) is 0 Å². The predicted molar refractivity (Wildman–Crippen MR) is 81.2 cm³/mol. The number of hydrogen-bond acceptors (Lipinski definition) is 2. The van der Waals surface area contributed by atoms with Crippen molar-refractivity contribution < 1.29 is 9.59 Å². The van der Waals surface area contributed by atoms with E-state index in [4.69, 9.17) is 0 Å². The Balaban J connectivity index is 4.02. The molecule has 0 saturated carbocycles. The molecule has 0 aromatic rings. The Morgan fingerprint density at radius 1 is 0.895 bits per heavy atom. The zero-order chi connectivity index (χ0) is 14.3. The van der Waals surface area contributed by atoms with Crippen LogP contribution in [0.25, 0.3) is 0 Å². The molecule has 0 fully saturated rings. The largest absolute Gasteiger partial charge is 0.294 e. The summed E-state index contributed by atoms with van der Waals surface area (Å²) in [6.07, 6.45) is 16.2. The molecular weight excluding hydrogens is 236 g/mol. The summed E-state index contributed by atoms with van der Waals surface area (Å²) in [6.45, 7) is 4.43. The lowest BCUT2D eigenvalue weighted by atomic mass is 9.94. The zero-order valence-electron chi connectivity index (χ0n) is 12.7. The topological polar surface area (TPSA) is 34.1 Å². The Hall–Kier alpha value is -0.920. The number of allylic oxidation sites excluding steroid dienone is 2. The van der Waals surface area contributed by atoms with Crippen LogP contribution >= 0.6 is 0 Å². The third-order valence-corrected chi connectivity index (χ3v) is 3.51. The van der Waals surface area contributed by atoms with Gasteiger partial charge < -0.3 is 0 Å². The summed E-state index contributed by atoms with van der Waals surface area (Å²) < 4.78 is 0. The quantitative estimate of drug-likeness (QED) is 0.206. The third kappa shape index (κ3) is 11.9. The van der Waals surface area contributed by atoms with E-state index in [0.717, 1.165) is 12.8 Å². The number of ketones is 1. The normalized spacial score (nSPS) is 11.3. The molecule has 0 rings (SSSR count). The molecule has 0 aliphatic rings. The third-order valence-electron chi connectivity index (χ3n) is 3.51. The Morgan fingerprint density at radius 2 is 1.42 bits per heavy atom. The fourth-order valence-electron chi connectivity index (χ4n) is 2.27. The summed E-state index contributed by atoms with van der Waals surface area (Å²) in [7, 11) is 0. The van der Waals surface area contributed by atoms with Crippen LogP contribution in [0, 0.1) is 5.92 Å². The summed E-state index contributed by atoms with van der Waals surface area (Å²) in [6, 6.07) is 0. The second kappa shape index (κ2) is 13.5. The van der Waals surface area contributed by atoms with Crippen molar-refractivity contribution >= 4 is 12.1 Å². The minimum atomic E-state index is -0.410. The number of carbonyl (C=O) groups excluding carboxylic acids is 2. The molecule has 0 radical (unpaired) electrons. The molecule has 19 heavy (non-hydrogen) atoms. The van der Waals surface area contributed by atoms with Gasteiger partial charge in [-0.25, -0.2) is 0 Å². The van der Waals surface area contributed by atoms with Crippen LogP contribution in [0.1, 0.15) is 78.1 Å². The van der Waals surface area contributed by atoms with E-state index in [9.17, 15) is 9.59 Å². The van der Waals surface area contributed by atoms with E-state index in [2.05, 4.69) is 13.8 Å². The van der Waals surface area contributed by atoms with Gasteiger partial charge in [0.2, 0.25) is 5.78 Å². The van der Waals surface area contributed by atoms with Gasteiger partial charge in [-0.05, 0) is 24.8 Å². The molecule has 2 heteroatoms. The van der Waals surface area contributed by atoms with Crippen LogP contribution in [0.15, 0.2) is 12.2 Å². The first-order valence-corrected chi connectivity index (χ1v) is 7.91. The second-order valence-corrected chi connectivity index (χ2v) is 5.34. The fraction of sp³-hybridized carbons (Fsp3) is 0.765. The van der Waals surface area contributed by atoms with Gasteiger partial charge in [0.05, 0.1) is 0 Å². The molecule has 0 aromatic heterocycles. The summed E-state index contributed by atoms with van der Waals surface area (Å²) in [4.78, 5) is 21.3. The van der Waals surface area contributed by atoms with Crippen molar-refractivity contribution in [1.82, 2.24) is 0 Å². The maximum Gasteiger partial charge on any atom is 0.217 e. The SMILES string of the molecule is CCCCCCC(/C=C/C(=O)C=O)CCCCCC. The number of hydrogen-bond donors (Lipinski definition) is 0. The summed E-state index contributed by atoms with van der Waals surface area (Å²) in [5.74, 6) is 0.0599. The van der Waals surface area contributed by atoms with Gasteiger partial charge in [0.25, 0.3) is 0 Å². The van der Waals surface area contributed by atoms with Crippen LogP contribution in [0.3, 0.4) is 0 Å². The van der Waals surface area contributed by atoms with Gasteiger partial charge >= 0.3 is 0 Å². The highest BCUT2D eigenvalue weighted by atomic mass is 16.2. The standard InChI is InChI=1S/C17H30O2/c1-3-5-7-9-11-16(12-10-8-6-4-2)13-14-17(19)15-18/h13-16H,3-12H2,1-2H3/b14-13+. The molecule has 0 saturated heterocycles. The van der Waals surface area contributed by atoms with Crippen molar-refractivity contribution in [3.63, 3.8) is 0 Å².